The Balaban J connectivity index is 1.59. The molecule has 1 unspecified atom stereocenters. The molecule has 0 aromatic heterocycles. The van der Waals surface area contributed by atoms with Crippen LogP contribution in [0.4, 0.5) is 0 Å². The molecule has 2 heterocycles. The maximum absolute atomic E-state index is 12.6. The molecule has 2 saturated heterocycles. The highest BCUT2D eigenvalue weighted by atomic mass is 32.2. The second-order valence-corrected chi connectivity index (χ2v) is 8.09. The number of ether oxygens (including phenoxy) is 1. The van der Waals surface area contributed by atoms with Crippen molar-refractivity contribution >= 4 is 10.0 Å². The fourth-order valence-corrected chi connectivity index (χ4v) is 4.51. The average molecular weight is 324 g/mol. The van der Waals surface area contributed by atoms with Gasteiger partial charge in [0.25, 0.3) is 0 Å². The molecule has 0 saturated carbocycles. The van der Waals surface area contributed by atoms with Crippen molar-refractivity contribution in [1.29, 1.82) is 0 Å². The number of rotatable bonds is 4. The van der Waals surface area contributed by atoms with Gasteiger partial charge < -0.3 is 4.74 Å². The maximum atomic E-state index is 12.6. The molecule has 0 aliphatic carbocycles. The monoisotopic (exact) mass is 324 g/mol. The summed E-state index contributed by atoms with van der Waals surface area (Å²) in [6.45, 7) is 6.44. The Kier molecular flexibility index (Phi) is 4.82. The molecule has 2 fully saturated rings. The largest absolute Gasteiger partial charge is 0.377 e. The lowest BCUT2D eigenvalue weighted by atomic mass is 10.2. The van der Waals surface area contributed by atoms with Gasteiger partial charge in [0.2, 0.25) is 10.0 Å². The van der Waals surface area contributed by atoms with Gasteiger partial charge in [0.1, 0.15) is 0 Å². The van der Waals surface area contributed by atoms with Crippen LogP contribution in [0.5, 0.6) is 0 Å². The molecule has 22 heavy (non-hydrogen) atoms. The third-order valence-corrected chi connectivity index (χ3v) is 6.39. The molecule has 122 valence electrons. The van der Waals surface area contributed by atoms with Crippen LogP contribution in [-0.2, 0) is 14.8 Å². The number of hydrogen-bond donors (Lipinski definition) is 0. The quantitative estimate of drug-likeness (QED) is 0.842. The predicted molar refractivity (Wildman–Crippen MR) is 85.4 cm³/mol. The highest BCUT2D eigenvalue weighted by Crippen LogP contribution is 2.19. The van der Waals surface area contributed by atoms with Crippen molar-refractivity contribution in [2.75, 3.05) is 39.3 Å². The Hall–Kier alpha value is -0.950. The predicted octanol–water partition coefficient (Wildman–Crippen LogP) is 1.48. The molecule has 0 spiro atoms. The fraction of sp³-hybridized carbons (Fsp3) is 0.625. The van der Waals surface area contributed by atoms with Gasteiger partial charge in [-0.15, -0.1) is 0 Å². The summed E-state index contributed by atoms with van der Waals surface area (Å²) in [6, 6.07) is 7.09. The summed E-state index contributed by atoms with van der Waals surface area (Å²) in [5.74, 6) is 0. The van der Waals surface area contributed by atoms with E-state index in [4.69, 9.17) is 4.74 Å². The molecule has 0 amide bonds. The van der Waals surface area contributed by atoms with Gasteiger partial charge in [0.05, 0.1) is 11.0 Å². The lowest BCUT2D eigenvalue weighted by Gasteiger charge is -2.35. The van der Waals surface area contributed by atoms with Crippen LogP contribution < -0.4 is 0 Å². The van der Waals surface area contributed by atoms with Crippen molar-refractivity contribution in [3.63, 3.8) is 0 Å². The number of hydrogen-bond acceptors (Lipinski definition) is 4. The van der Waals surface area contributed by atoms with E-state index in [-0.39, 0.29) is 0 Å². The summed E-state index contributed by atoms with van der Waals surface area (Å²) < 4.78 is 32.5. The van der Waals surface area contributed by atoms with E-state index in [0.29, 0.717) is 24.1 Å². The van der Waals surface area contributed by atoms with Gasteiger partial charge in [-0.2, -0.15) is 4.31 Å². The minimum absolute atomic E-state index is 0.334. The van der Waals surface area contributed by atoms with Gasteiger partial charge in [-0.3, -0.25) is 4.90 Å². The van der Waals surface area contributed by atoms with E-state index in [1.54, 1.807) is 16.4 Å². The Morgan fingerprint density at radius 3 is 2.41 bits per heavy atom. The molecular formula is C16H24N2O3S. The van der Waals surface area contributed by atoms with E-state index in [2.05, 4.69) is 4.90 Å². The van der Waals surface area contributed by atoms with E-state index < -0.39 is 10.0 Å². The highest BCUT2D eigenvalue weighted by molar-refractivity contribution is 7.89. The number of benzene rings is 1. The van der Waals surface area contributed by atoms with Crippen molar-refractivity contribution in [3.8, 4) is 0 Å². The minimum Gasteiger partial charge on any atom is -0.377 e. The Labute approximate surface area is 132 Å². The SMILES string of the molecule is Cc1ccc(S(=O)(=O)N2CCN(CC3CCCO3)CC2)cc1. The first-order valence-electron chi connectivity index (χ1n) is 7.96. The zero-order valence-corrected chi connectivity index (χ0v) is 13.9. The van der Waals surface area contributed by atoms with Crippen molar-refractivity contribution in [1.82, 2.24) is 9.21 Å². The maximum Gasteiger partial charge on any atom is 0.243 e. The Morgan fingerprint density at radius 2 is 1.82 bits per heavy atom. The van der Waals surface area contributed by atoms with Crippen LogP contribution in [-0.4, -0.2) is 63.1 Å². The van der Waals surface area contributed by atoms with Crippen LogP contribution >= 0.6 is 0 Å². The van der Waals surface area contributed by atoms with E-state index in [1.807, 2.05) is 19.1 Å². The highest BCUT2D eigenvalue weighted by Gasteiger charge is 2.29. The number of nitrogens with zero attached hydrogens (tertiary/aromatic N) is 2. The van der Waals surface area contributed by atoms with E-state index >= 15 is 0 Å². The van der Waals surface area contributed by atoms with Gasteiger partial charge in [0.15, 0.2) is 0 Å². The number of sulfonamides is 1. The lowest BCUT2D eigenvalue weighted by molar-refractivity contribution is 0.0617. The van der Waals surface area contributed by atoms with Gasteiger partial charge in [-0.25, -0.2) is 8.42 Å². The topological polar surface area (TPSA) is 49.9 Å². The smallest absolute Gasteiger partial charge is 0.243 e. The molecule has 0 N–H and O–H groups in total. The van der Waals surface area contributed by atoms with Crippen molar-refractivity contribution < 1.29 is 13.2 Å². The van der Waals surface area contributed by atoms with Gasteiger partial charge in [-0.05, 0) is 31.9 Å². The first-order valence-corrected chi connectivity index (χ1v) is 9.40. The summed E-state index contributed by atoms with van der Waals surface area (Å²) in [5, 5.41) is 0. The van der Waals surface area contributed by atoms with Crippen LogP contribution in [0.3, 0.4) is 0 Å². The van der Waals surface area contributed by atoms with Crippen LogP contribution in [0.15, 0.2) is 29.2 Å². The molecule has 5 nitrogen and oxygen atoms in total. The normalized spacial score (nSPS) is 24.7. The summed E-state index contributed by atoms with van der Waals surface area (Å²) in [5.41, 5.74) is 1.07. The minimum atomic E-state index is -3.35. The molecule has 3 rings (SSSR count). The zero-order valence-electron chi connectivity index (χ0n) is 13.1. The molecule has 1 atom stereocenters. The second kappa shape index (κ2) is 6.66. The van der Waals surface area contributed by atoms with Crippen molar-refractivity contribution in [2.24, 2.45) is 0 Å². The molecular weight excluding hydrogens is 300 g/mol. The van der Waals surface area contributed by atoms with Crippen LogP contribution in [0, 0.1) is 6.92 Å². The van der Waals surface area contributed by atoms with Gasteiger partial charge in [0, 0.05) is 39.3 Å². The second-order valence-electron chi connectivity index (χ2n) is 6.15. The Morgan fingerprint density at radius 1 is 1.14 bits per heavy atom. The number of piperazine rings is 1. The lowest BCUT2D eigenvalue weighted by Crippen LogP contribution is -2.50. The fourth-order valence-electron chi connectivity index (χ4n) is 3.09. The van der Waals surface area contributed by atoms with E-state index in [9.17, 15) is 8.42 Å². The molecule has 1 aromatic rings. The van der Waals surface area contributed by atoms with Crippen LogP contribution in [0.1, 0.15) is 18.4 Å². The summed E-state index contributed by atoms with van der Waals surface area (Å²) in [4.78, 5) is 2.71. The van der Waals surface area contributed by atoms with Gasteiger partial charge >= 0.3 is 0 Å². The molecule has 2 aliphatic rings. The summed E-state index contributed by atoms with van der Waals surface area (Å²) in [6.07, 6.45) is 2.61. The van der Waals surface area contributed by atoms with Crippen molar-refractivity contribution in [3.05, 3.63) is 29.8 Å². The van der Waals surface area contributed by atoms with Gasteiger partial charge in [-0.1, -0.05) is 17.7 Å². The third kappa shape index (κ3) is 3.51. The first kappa shape index (κ1) is 15.9. The standard InChI is InChI=1S/C16H24N2O3S/c1-14-4-6-16(7-5-14)22(19,20)18-10-8-17(9-11-18)13-15-3-2-12-21-15/h4-7,15H,2-3,8-13H2,1H3. The summed E-state index contributed by atoms with van der Waals surface area (Å²) >= 11 is 0. The van der Waals surface area contributed by atoms with Crippen LogP contribution in [0.25, 0.3) is 0 Å². The molecule has 0 bridgehead atoms. The first-order chi connectivity index (χ1) is 10.6. The molecule has 0 radical (unpaired) electrons. The molecule has 1 aromatic carbocycles. The summed E-state index contributed by atoms with van der Waals surface area (Å²) in [7, 11) is -3.35. The third-order valence-electron chi connectivity index (χ3n) is 4.48. The average Bonchev–Trinajstić information content (AvgIpc) is 3.01. The van der Waals surface area contributed by atoms with Crippen molar-refractivity contribution in [2.45, 2.75) is 30.8 Å². The number of aryl methyl sites for hydroxylation is 1. The molecule has 2 aliphatic heterocycles. The van der Waals surface area contributed by atoms with E-state index in [1.165, 1.54) is 0 Å². The van der Waals surface area contributed by atoms with E-state index in [0.717, 1.165) is 44.6 Å². The molecule has 6 heteroatoms. The van der Waals surface area contributed by atoms with Crippen LogP contribution in [0.2, 0.25) is 0 Å². The Bertz CT molecular complexity index is 586. The zero-order chi connectivity index (χ0) is 15.6.